The van der Waals surface area contributed by atoms with Crippen LogP contribution in [0.25, 0.3) is 5.70 Å². The molecule has 0 fully saturated rings. The van der Waals surface area contributed by atoms with Crippen LogP contribution in [0.2, 0.25) is 0 Å². The molecule has 13 heavy (non-hydrogen) atoms. The second kappa shape index (κ2) is 3.22. The SMILES string of the molecule is NC1=N[N]C(c2ccc(Br)cc2)=C1. The van der Waals surface area contributed by atoms with Crippen molar-refractivity contribution in [2.75, 3.05) is 0 Å². The third kappa shape index (κ3) is 1.72. The zero-order chi connectivity index (χ0) is 9.26. The van der Waals surface area contributed by atoms with E-state index in [4.69, 9.17) is 5.73 Å². The van der Waals surface area contributed by atoms with E-state index in [-0.39, 0.29) is 0 Å². The molecule has 0 saturated heterocycles. The van der Waals surface area contributed by atoms with Gasteiger partial charge in [-0.05, 0) is 12.1 Å². The average Bonchev–Trinajstić information content (AvgIpc) is 2.53. The van der Waals surface area contributed by atoms with Crippen molar-refractivity contribution >= 4 is 27.5 Å². The van der Waals surface area contributed by atoms with Gasteiger partial charge >= 0.3 is 0 Å². The van der Waals surface area contributed by atoms with E-state index in [2.05, 4.69) is 26.5 Å². The fourth-order valence-electron chi connectivity index (χ4n) is 1.07. The van der Waals surface area contributed by atoms with Crippen LogP contribution >= 0.6 is 15.9 Å². The number of nitrogens with zero attached hydrogens (tertiary/aromatic N) is 2. The summed E-state index contributed by atoms with van der Waals surface area (Å²) in [5.41, 5.74) is 11.2. The lowest BCUT2D eigenvalue weighted by atomic mass is 10.1. The van der Waals surface area contributed by atoms with Gasteiger partial charge in [0.05, 0.1) is 5.70 Å². The number of benzene rings is 1. The van der Waals surface area contributed by atoms with E-state index in [9.17, 15) is 0 Å². The first-order chi connectivity index (χ1) is 6.25. The van der Waals surface area contributed by atoms with Crippen LogP contribution in [0, 0.1) is 0 Å². The van der Waals surface area contributed by atoms with Gasteiger partial charge in [0.2, 0.25) is 0 Å². The lowest BCUT2D eigenvalue weighted by Gasteiger charge is -1.98. The smallest absolute Gasteiger partial charge is 0.148 e. The molecule has 0 unspecified atom stereocenters. The normalized spacial score (nSPS) is 14.8. The fraction of sp³-hybridized carbons (Fsp3) is 0. The topological polar surface area (TPSA) is 52.5 Å². The number of nitrogens with two attached hydrogens (primary N) is 1. The van der Waals surface area contributed by atoms with Crippen LogP contribution in [0.15, 0.2) is 39.9 Å². The Morgan fingerprint density at radius 2 is 1.85 bits per heavy atom. The quantitative estimate of drug-likeness (QED) is 0.793. The van der Waals surface area contributed by atoms with E-state index >= 15 is 0 Å². The molecule has 0 saturated carbocycles. The summed E-state index contributed by atoms with van der Waals surface area (Å²) in [5, 5.41) is 3.73. The van der Waals surface area contributed by atoms with Gasteiger partial charge in [-0.3, -0.25) is 0 Å². The molecule has 4 heteroatoms. The van der Waals surface area contributed by atoms with Crippen LogP contribution in [0.4, 0.5) is 0 Å². The van der Waals surface area contributed by atoms with Crippen molar-refractivity contribution in [1.29, 1.82) is 0 Å². The zero-order valence-electron chi connectivity index (χ0n) is 6.74. The predicted molar refractivity (Wildman–Crippen MR) is 55.9 cm³/mol. The molecular weight excluding hydrogens is 230 g/mol. The van der Waals surface area contributed by atoms with Crippen molar-refractivity contribution in [3.05, 3.63) is 40.4 Å². The molecule has 3 nitrogen and oxygen atoms in total. The molecule has 1 aliphatic heterocycles. The lowest BCUT2D eigenvalue weighted by molar-refractivity contribution is 0.991. The Labute approximate surface area is 84.5 Å². The Hall–Kier alpha value is -1.29. The highest BCUT2D eigenvalue weighted by Gasteiger charge is 2.08. The van der Waals surface area contributed by atoms with E-state index in [1.165, 1.54) is 0 Å². The fourth-order valence-corrected chi connectivity index (χ4v) is 1.34. The van der Waals surface area contributed by atoms with Gasteiger partial charge in [-0.2, -0.15) is 0 Å². The number of hydrogen-bond acceptors (Lipinski definition) is 2. The summed E-state index contributed by atoms with van der Waals surface area (Å²) in [4.78, 5) is 0. The minimum atomic E-state index is 0.456. The predicted octanol–water partition coefficient (Wildman–Crippen LogP) is 1.68. The summed E-state index contributed by atoms with van der Waals surface area (Å²) in [6.07, 6.45) is 1.75. The molecular formula is C9H7BrN3. The second-order valence-corrected chi connectivity index (χ2v) is 3.58. The van der Waals surface area contributed by atoms with E-state index in [1.54, 1.807) is 6.08 Å². The minimum Gasteiger partial charge on any atom is -0.382 e. The van der Waals surface area contributed by atoms with Gasteiger partial charge in [0.25, 0.3) is 0 Å². The lowest BCUT2D eigenvalue weighted by Crippen LogP contribution is -2.04. The molecule has 1 heterocycles. The Morgan fingerprint density at radius 1 is 1.15 bits per heavy atom. The van der Waals surface area contributed by atoms with E-state index in [0.717, 1.165) is 15.7 Å². The summed E-state index contributed by atoms with van der Waals surface area (Å²) >= 11 is 3.36. The van der Waals surface area contributed by atoms with Crippen molar-refractivity contribution in [1.82, 2.24) is 5.43 Å². The van der Waals surface area contributed by atoms with Crippen molar-refractivity contribution in [3.63, 3.8) is 0 Å². The van der Waals surface area contributed by atoms with Crippen molar-refractivity contribution in [2.45, 2.75) is 0 Å². The molecule has 0 atom stereocenters. The van der Waals surface area contributed by atoms with Crippen molar-refractivity contribution in [2.24, 2.45) is 10.8 Å². The summed E-state index contributed by atoms with van der Waals surface area (Å²) < 4.78 is 1.05. The monoisotopic (exact) mass is 236 g/mol. The molecule has 0 aromatic heterocycles. The van der Waals surface area contributed by atoms with Crippen LogP contribution in [0.3, 0.4) is 0 Å². The highest BCUT2D eigenvalue weighted by molar-refractivity contribution is 9.10. The first-order valence-electron chi connectivity index (χ1n) is 3.77. The molecule has 1 radical (unpaired) electrons. The Bertz CT molecular complexity index is 378. The first kappa shape index (κ1) is 8.31. The minimum absolute atomic E-state index is 0.456. The molecule has 2 rings (SSSR count). The molecule has 1 aromatic rings. The number of halogens is 1. The van der Waals surface area contributed by atoms with Gasteiger partial charge < -0.3 is 5.73 Å². The highest BCUT2D eigenvalue weighted by atomic mass is 79.9. The van der Waals surface area contributed by atoms with Gasteiger partial charge in [-0.1, -0.05) is 28.1 Å². The molecule has 2 N–H and O–H groups in total. The molecule has 1 aromatic carbocycles. The van der Waals surface area contributed by atoms with E-state index in [1.807, 2.05) is 24.3 Å². The van der Waals surface area contributed by atoms with Crippen LogP contribution in [-0.2, 0) is 0 Å². The van der Waals surface area contributed by atoms with E-state index in [0.29, 0.717) is 5.84 Å². The molecule has 65 valence electrons. The summed E-state index contributed by atoms with van der Waals surface area (Å²) in [5.74, 6) is 0.456. The summed E-state index contributed by atoms with van der Waals surface area (Å²) in [6, 6.07) is 7.85. The maximum Gasteiger partial charge on any atom is 0.148 e. The average molecular weight is 237 g/mol. The molecule has 0 amide bonds. The third-order valence-corrected chi connectivity index (χ3v) is 2.23. The van der Waals surface area contributed by atoms with Gasteiger partial charge in [0.15, 0.2) is 0 Å². The van der Waals surface area contributed by atoms with Crippen LogP contribution in [0.1, 0.15) is 5.56 Å². The highest BCUT2D eigenvalue weighted by Crippen LogP contribution is 2.18. The number of rotatable bonds is 1. The van der Waals surface area contributed by atoms with Crippen molar-refractivity contribution < 1.29 is 0 Å². The third-order valence-electron chi connectivity index (χ3n) is 1.70. The van der Waals surface area contributed by atoms with Gasteiger partial charge in [0, 0.05) is 16.1 Å². The van der Waals surface area contributed by atoms with Crippen LogP contribution in [-0.4, -0.2) is 5.84 Å². The van der Waals surface area contributed by atoms with Gasteiger partial charge in [-0.25, -0.2) is 0 Å². The molecule has 0 aliphatic carbocycles. The maximum atomic E-state index is 5.46. The van der Waals surface area contributed by atoms with Crippen LogP contribution < -0.4 is 11.2 Å². The number of hydrogen-bond donors (Lipinski definition) is 1. The molecule has 1 aliphatic rings. The second-order valence-electron chi connectivity index (χ2n) is 2.66. The summed E-state index contributed by atoms with van der Waals surface area (Å²) in [7, 11) is 0. The maximum absolute atomic E-state index is 5.46. The summed E-state index contributed by atoms with van der Waals surface area (Å²) in [6.45, 7) is 0. The van der Waals surface area contributed by atoms with Gasteiger partial charge in [0.1, 0.15) is 5.84 Å². The zero-order valence-corrected chi connectivity index (χ0v) is 8.32. The van der Waals surface area contributed by atoms with Crippen LogP contribution in [0.5, 0.6) is 0 Å². The van der Waals surface area contributed by atoms with Gasteiger partial charge in [-0.15, -0.1) is 10.5 Å². The van der Waals surface area contributed by atoms with E-state index < -0.39 is 0 Å². The van der Waals surface area contributed by atoms with Crippen molar-refractivity contribution in [3.8, 4) is 0 Å². The Balaban J connectivity index is 2.28. The number of amidine groups is 1. The first-order valence-corrected chi connectivity index (χ1v) is 4.57. The molecule has 0 bridgehead atoms. The Kier molecular flexibility index (Phi) is 2.06. The standard InChI is InChI=1S/C9H7BrN3/c10-7-3-1-6(2-4-7)8-5-9(11)13-12-8/h1-5H,(H2,11,13). The molecule has 0 spiro atoms. The largest absolute Gasteiger partial charge is 0.382 e. The Morgan fingerprint density at radius 3 is 2.38 bits per heavy atom.